The minimum Gasteiger partial charge on any atom is -0.497 e. The molecular weight excluding hydrogens is 257 g/mol. The van der Waals surface area contributed by atoms with Gasteiger partial charge < -0.3 is 9.72 Å². The van der Waals surface area contributed by atoms with Crippen molar-refractivity contribution < 1.29 is 17.9 Å². The zero-order valence-corrected chi connectivity index (χ0v) is 10.1. The number of alkyl halides is 3. The SMILES string of the molecule is COc1ccc2[nH]c3c(c2c1)CCN=C3C(F)(F)F. The van der Waals surface area contributed by atoms with Gasteiger partial charge in [-0.15, -0.1) is 0 Å². The second-order valence-corrected chi connectivity index (χ2v) is 4.37. The summed E-state index contributed by atoms with van der Waals surface area (Å²) in [5.74, 6) is 0.630. The van der Waals surface area contributed by atoms with E-state index in [2.05, 4.69) is 9.98 Å². The van der Waals surface area contributed by atoms with Crippen LogP contribution in [0.3, 0.4) is 0 Å². The molecular formula is C13H11F3N2O. The van der Waals surface area contributed by atoms with Gasteiger partial charge in [-0.25, -0.2) is 0 Å². The minimum absolute atomic E-state index is 0.0852. The van der Waals surface area contributed by atoms with Crippen LogP contribution in [0.1, 0.15) is 11.3 Å². The topological polar surface area (TPSA) is 37.4 Å². The minimum atomic E-state index is -4.43. The average molecular weight is 268 g/mol. The maximum absolute atomic E-state index is 12.9. The molecule has 0 bridgehead atoms. The number of aliphatic imine (C=N–C) groups is 1. The van der Waals surface area contributed by atoms with Crippen LogP contribution in [0.4, 0.5) is 13.2 Å². The summed E-state index contributed by atoms with van der Waals surface area (Å²) in [6.07, 6.45) is -3.93. The summed E-state index contributed by atoms with van der Waals surface area (Å²) in [6.45, 7) is 0.159. The molecule has 3 rings (SSSR count). The summed E-state index contributed by atoms with van der Waals surface area (Å²) in [5, 5.41) is 0.769. The Kier molecular flexibility index (Phi) is 2.55. The second-order valence-electron chi connectivity index (χ2n) is 4.37. The van der Waals surface area contributed by atoms with E-state index in [1.807, 2.05) is 0 Å². The number of rotatable bonds is 1. The largest absolute Gasteiger partial charge is 0.497 e. The van der Waals surface area contributed by atoms with E-state index in [0.29, 0.717) is 23.3 Å². The van der Waals surface area contributed by atoms with Crippen LogP contribution in [0.25, 0.3) is 10.9 Å². The van der Waals surface area contributed by atoms with Crippen LogP contribution in [0.5, 0.6) is 5.75 Å². The normalized spacial score (nSPS) is 15.3. The highest BCUT2D eigenvalue weighted by Crippen LogP contribution is 2.33. The Labute approximate surface area is 107 Å². The van der Waals surface area contributed by atoms with E-state index in [0.717, 1.165) is 5.39 Å². The van der Waals surface area contributed by atoms with Crippen molar-refractivity contribution in [1.82, 2.24) is 4.98 Å². The molecule has 1 aliphatic heterocycles. The fourth-order valence-electron chi connectivity index (χ4n) is 2.41. The summed E-state index contributed by atoms with van der Waals surface area (Å²) < 4.78 is 43.9. The predicted molar refractivity (Wildman–Crippen MR) is 66.0 cm³/mol. The maximum atomic E-state index is 12.9. The van der Waals surface area contributed by atoms with Crippen molar-refractivity contribution in [2.45, 2.75) is 12.6 Å². The third-order valence-corrected chi connectivity index (χ3v) is 3.25. The van der Waals surface area contributed by atoms with Crippen LogP contribution in [0.2, 0.25) is 0 Å². The van der Waals surface area contributed by atoms with Crippen molar-refractivity contribution >= 4 is 16.6 Å². The number of hydrogen-bond acceptors (Lipinski definition) is 2. The lowest BCUT2D eigenvalue weighted by atomic mass is 10.0. The van der Waals surface area contributed by atoms with Crippen molar-refractivity contribution in [1.29, 1.82) is 0 Å². The van der Waals surface area contributed by atoms with Gasteiger partial charge in [0.1, 0.15) is 5.75 Å². The number of aromatic nitrogens is 1. The zero-order valence-electron chi connectivity index (χ0n) is 10.1. The maximum Gasteiger partial charge on any atom is 0.435 e. The molecule has 1 N–H and O–H groups in total. The van der Waals surface area contributed by atoms with Gasteiger partial charge in [-0.05, 0) is 30.2 Å². The Hall–Kier alpha value is -1.98. The summed E-state index contributed by atoms with van der Waals surface area (Å²) >= 11 is 0. The van der Waals surface area contributed by atoms with Gasteiger partial charge in [0.2, 0.25) is 0 Å². The predicted octanol–water partition coefficient (Wildman–Crippen LogP) is 3.08. The smallest absolute Gasteiger partial charge is 0.435 e. The van der Waals surface area contributed by atoms with Gasteiger partial charge in [0, 0.05) is 17.4 Å². The molecule has 2 heterocycles. The van der Waals surface area contributed by atoms with Gasteiger partial charge in [-0.3, -0.25) is 4.99 Å². The summed E-state index contributed by atoms with van der Waals surface area (Å²) in [4.78, 5) is 6.43. The molecule has 0 aliphatic carbocycles. The molecule has 3 nitrogen and oxygen atoms in total. The van der Waals surface area contributed by atoms with Gasteiger partial charge in [-0.2, -0.15) is 13.2 Å². The second kappa shape index (κ2) is 4.01. The summed E-state index contributed by atoms with van der Waals surface area (Å²) in [6, 6.07) is 5.19. The molecule has 0 saturated heterocycles. The first kappa shape index (κ1) is 12.1. The number of fused-ring (bicyclic) bond motifs is 3. The van der Waals surface area contributed by atoms with Crippen LogP contribution in [-0.4, -0.2) is 30.5 Å². The molecule has 19 heavy (non-hydrogen) atoms. The molecule has 1 aromatic heterocycles. The van der Waals surface area contributed by atoms with Crippen molar-refractivity contribution in [3.63, 3.8) is 0 Å². The highest BCUT2D eigenvalue weighted by atomic mass is 19.4. The Balaban J connectivity index is 2.23. The highest BCUT2D eigenvalue weighted by Gasteiger charge is 2.40. The van der Waals surface area contributed by atoms with E-state index in [9.17, 15) is 13.2 Å². The first-order valence-corrected chi connectivity index (χ1v) is 5.81. The standard InChI is InChI=1S/C13H11F3N2O/c1-19-7-2-3-10-9(6-7)8-4-5-17-12(11(8)18-10)13(14,15)16/h2-3,6,18H,4-5H2,1H3. The van der Waals surface area contributed by atoms with Gasteiger partial charge in [-0.1, -0.05) is 0 Å². The quantitative estimate of drug-likeness (QED) is 0.847. The number of benzene rings is 1. The van der Waals surface area contributed by atoms with Gasteiger partial charge in [0.15, 0.2) is 5.71 Å². The third-order valence-electron chi connectivity index (χ3n) is 3.25. The molecule has 0 fully saturated rings. The number of H-pyrrole nitrogens is 1. The monoisotopic (exact) mass is 268 g/mol. The van der Waals surface area contributed by atoms with Crippen molar-refractivity contribution in [3.05, 3.63) is 29.5 Å². The molecule has 0 spiro atoms. The first-order valence-electron chi connectivity index (χ1n) is 5.81. The Morgan fingerprint density at radius 1 is 1.32 bits per heavy atom. The number of hydrogen-bond donors (Lipinski definition) is 1. The first-order chi connectivity index (χ1) is 9.00. The van der Waals surface area contributed by atoms with Gasteiger partial charge >= 0.3 is 6.18 Å². The molecule has 0 saturated carbocycles. The molecule has 0 atom stereocenters. The van der Waals surface area contributed by atoms with Crippen LogP contribution in [-0.2, 0) is 6.42 Å². The molecule has 0 unspecified atom stereocenters. The van der Waals surface area contributed by atoms with Crippen LogP contribution in [0.15, 0.2) is 23.2 Å². The lowest BCUT2D eigenvalue weighted by Crippen LogP contribution is -2.28. The molecule has 1 aliphatic rings. The van der Waals surface area contributed by atoms with Crippen molar-refractivity contribution in [2.75, 3.05) is 13.7 Å². The Bertz CT molecular complexity index is 670. The Morgan fingerprint density at radius 3 is 2.79 bits per heavy atom. The average Bonchev–Trinajstić information content (AvgIpc) is 2.74. The van der Waals surface area contributed by atoms with E-state index in [4.69, 9.17) is 4.74 Å². The number of halogens is 3. The molecule has 0 amide bonds. The van der Waals surface area contributed by atoms with Crippen molar-refractivity contribution in [3.8, 4) is 5.75 Å². The lowest BCUT2D eigenvalue weighted by Gasteiger charge is -2.15. The van der Waals surface area contributed by atoms with Crippen LogP contribution in [0, 0.1) is 0 Å². The number of ether oxygens (including phenoxy) is 1. The number of nitrogens with one attached hydrogen (secondary N) is 1. The molecule has 100 valence electrons. The van der Waals surface area contributed by atoms with E-state index < -0.39 is 11.9 Å². The Morgan fingerprint density at radius 2 is 2.11 bits per heavy atom. The zero-order chi connectivity index (χ0) is 13.6. The van der Waals surface area contributed by atoms with Gasteiger partial charge in [0.05, 0.1) is 12.8 Å². The molecule has 6 heteroatoms. The lowest BCUT2D eigenvalue weighted by molar-refractivity contribution is -0.0585. The highest BCUT2D eigenvalue weighted by molar-refractivity contribution is 6.09. The molecule has 0 radical (unpaired) electrons. The fraction of sp³-hybridized carbons (Fsp3) is 0.308. The van der Waals surface area contributed by atoms with Crippen LogP contribution >= 0.6 is 0 Å². The molecule has 1 aromatic carbocycles. The van der Waals surface area contributed by atoms with E-state index >= 15 is 0 Å². The van der Waals surface area contributed by atoms with Gasteiger partial charge in [0.25, 0.3) is 0 Å². The summed E-state index contributed by atoms with van der Waals surface area (Å²) in [7, 11) is 1.53. The van der Waals surface area contributed by atoms with Crippen LogP contribution < -0.4 is 4.74 Å². The van der Waals surface area contributed by atoms with E-state index in [-0.39, 0.29) is 12.2 Å². The number of nitrogens with zero attached hydrogens (tertiary/aromatic N) is 1. The summed E-state index contributed by atoms with van der Waals surface area (Å²) in [5.41, 5.74) is 0.604. The van der Waals surface area contributed by atoms with Crippen molar-refractivity contribution in [2.24, 2.45) is 4.99 Å². The third kappa shape index (κ3) is 1.87. The van der Waals surface area contributed by atoms with E-state index in [1.54, 1.807) is 18.2 Å². The number of methoxy groups -OCH3 is 1. The molecule has 2 aromatic rings. The number of aromatic amines is 1. The fourth-order valence-corrected chi connectivity index (χ4v) is 2.41. The van der Waals surface area contributed by atoms with E-state index in [1.165, 1.54) is 7.11 Å².